The van der Waals surface area contributed by atoms with Crippen LogP contribution in [0.5, 0.6) is 0 Å². The van der Waals surface area contributed by atoms with Gasteiger partial charge in [-0.25, -0.2) is 9.50 Å². The monoisotopic (exact) mass is 374 g/mol. The van der Waals surface area contributed by atoms with Crippen LogP contribution in [-0.2, 0) is 16.0 Å². The molecule has 6 heteroatoms. The molecule has 0 radical (unpaired) electrons. The van der Waals surface area contributed by atoms with E-state index in [1.165, 1.54) is 0 Å². The largest absolute Gasteiger partial charge is 0.497 e. The molecule has 0 saturated heterocycles. The first-order chi connectivity index (χ1) is 13.6. The van der Waals surface area contributed by atoms with Gasteiger partial charge in [0.25, 0.3) is 0 Å². The maximum absolute atomic E-state index is 12.2. The van der Waals surface area contributed by atoms with Gasteiger partial charge in [0.15, 0.2) is 11.5 Å². The Kier molecular flexibility index (Phi) is 6.01. The smallest absolute Gasteiger partial charge is 0.225 e. The first-order valence-electron chi connectivity index (χ1n) is 8.86. The fourth-order valence-corrected chi connectivity index (χ4v) is 2.67. The average molecular weight is 374 g/mol. The number of hydrogen-bond acceptors (Lipinski definition) is 4. The zero-order valence-electron chi connectivity index (χ0n) is 15.8. The summed E-state index contributed by atoms with van der Waals surface area (Å²) in [6.07, 6.45) is 6.19. The van der Waals surface area contributed by atoms with Crippen LogP contribution in [0.2, 0.25) is 0 Å². The molecule has 1 aromatic carbocycles. The maximum atomic E-state index is 12.2. The van der Waals surface area contributed by atoms with E-state index in [0.29, 0.717) is 35.8 Å². The number of methoxy groups -OCH3 is 1. The van der Waals surface area contributed by atoms with Crippen molar-refractivity contribution in [3.63, 3.8) is 0 Å². The third-order valence-corrected chi connectivity index (χ3v) is 4.17. The Morgan fingerprint density at radius 2 is 2.04 bits per heavy atom. The number of allylic oxidation sites excluding steroid dienone is 3. The summed E-state index contributed by atoms with van der Waals surface area (Å²) in [4.78, 5) is 16.6. The normalized spacial score (nSPS) is 11.2. The number of nitrogens with zero attached hydrogens (tertiary/aromatic N) is 3. The van der Waals surface area contributed by atoms with Crippen molar-refractivity contribution in [1.82, 2.24) is 14.6 Å². The van der Waals surface area contributed by atoms with E-state index in [1.54, 1.807) is 30.0 Å². The van der Waals surface area contributed by atoms with Crippen molar-refractivity contribution in [1.29, 1.82) is 0 Å². The maximum Gasteiger partial charge on any atom is 0.225 e. The number of carbonyl (C=O) groups is 1. The average Bonchev–Trinajstić information content (AvgIpc) is 3.12. The number of nitrogens with one attached hydrogen (secondary N) is 1. The lowest BCUT2D eigenvalue weighted by Gasteiger charge is -2.03. The Morgan fingerprint density at radius 3 is 2.75 bits per heavy atom. The summed E-state index contributed by atoms with van der Waals surface area (Å²) in [6.45, 7) is 7.59. The molecule has 1 amide bonds. The van der Waals surface area contributed by atoms with E-state index in [4.69, 9.17) is 4.74 Å². The first-order valence-corrected chi connectivity index (χ1v) is 8.86. The number of amides is 1. The third kappa shape index (κ3) is 4.73. The second-order valence-corrected chi connectivity index (χ2v) is 6.16. The molecule has 2 aromatic heterocycles. The fraction of sp³-hybridized carbons (Fsp3) is 0.136. The number of anilines is 1. The topological polar surface area (TPSA) is 68.5 Å². The molecule has 0 aliphatic heterocycles. The molecule has 0 aliphatic carbocycles. The van der Waals surface area contributed by atoms with Gasteiger partial charge >= 0.3 is 0 Å². The number of aromatic nitrogens is 3. The molecule has 3 rings (SSSR count). The molecule has 0 spiro atoms. The fourth-order valence-electron chi connectivity index (χ4n) is 2.67. The number of imidazole rings is 1. The van der Waals surface area contributed by atoms with Gasteiger partial charge < -0.3 is 10.1 Å². The van der Waals surface area contributed by atoms with Crippen LogP contribution in [0, 0.1) is 0 Å². The molecule has 2 heterocycles. The van der Waals surface area contributed by atoms with Gasteiger partial charge in [-0.1, -0.05) is 49.6 Å². The summed E-state index contributed by atoms with van der Waals surface area (Å²) in [5.74, 6) is 0.887. The van der Waals surface area contributed by atoms with Crippen molar-refractivity contribution in [2.24, 2.45) is 0 Å². The summed E-state index contributed by atoms with van der Waals surface area (Å²) in [5.41, 5.74) is 3.23. The molecule has 6 nitrogen and oxygen atoms in total. The molecule has 142 valence electrons. The molecule has 0 saturated carbocycles. The highest BCUT2D eigenvalue weighted by Gasteiger charge is 2.09. The van der Waals surface area contributed by atoms with Gasteiger partial charge in [-0.15, -0.1) is 0 Å². The second-order valence-electron chi connectivity index (χ2n) is 6.16. The van der Waals surface area contributed by atoms with Crippen LogP contribution in [0.25, 0.3) is 11.2 Å². The van der Waals surface area contributed by atoms with Gasteiger partial charge in [0, 0.05) is 12.0 Å². The predicted octanol–water partition coefficient (Wildman–Crippen LogP) is 4.03. The number of carbonyl (C=O) groups excluding carboxylic acids is 1. The lowest BCUT2D eigenvalue weighted by molar-refractivity contribution is -0.116. The van der Waals surface area contributed by atoms with Crippen LogP contribution in [0.15, 0.2) is 79.7 Å². The SMILES string of the molecule is C=C/C(=C\C(=C)OC)c1ccc2nc(NC(=O)CCc3ccccc3)cn2n1. The summed E-state index contributed by atoms with van der Waals surface area (Å²) in [7, 11) is 1.55. The predicted molar refractivity (Wildman–Crippen MR) is 111 cm³/mol. The van der Waals surface area contributed by atoms with Gasteiger partial charge in [0.1, 0.15) is 5.76 Å². The van der Waals surface area contributed by atoms with E-state index in [-0.39, 0.29) is 5.91 Å². The molecule has 1 N–H and O–H groups in total. The van der Waals surface area contributed by atoms with Crippen LogP contribution in [0.4, 0.5) is 5.82 Å². The Hall–Kier alpha value is -3.67. The van der Waals surface area contributed by atoms with E-state index in [9.17, 15) is 4.79 Å². The summed E-state index contributed by atoms with van der Waals surface area (Å²) in [5, 5.41) is 7.35. The molecule has 0 bridgehead atoms. The zero-order chi connectivity index (χ0) is 19.9. The molecular formula is C22H22N4O2. The van der Waals surface area contributed by atoms with E-state index in [1.807, 2.05) is 42.5 Å². The van der Waals surface area contributed by atoms with Crippen molar-refractivity contribution in [2.45, 2.75) is 12.8 Å². The molecular weight excluding hydrogens is 352 g/mol. The minimum Gasteiger partial charge on any atom is -0.497 e. The minimum absolute atomic E-state index is 0.0875. The van der Waals surface area contributed by atoms with Crippen LogP contribution >= 0.6 is 0 Å². The van der Waals surface area contributed by atoms with Crippen molar-refractivity contribution in [2.75, 3.05) is 12.4 Å². The van der Waals surface area contributed by atoms with Crippen LogP contribution in [0.1, 0.15) is 17.7 Å². The quantitative estimate of drug-likeness (QED) is 0.477. The molecule has 0 atom stereocenters. The zero-order valence-corrected chi connectivity index (χ0v) is 15.8. The van der Waals surface area contributed by atoms with Gasteiger partial charge in [-0.3, -0.25) is 4.79 Å². The Labute approximate surface area is 163 Å². The number of fused-ring (bicyclic) bond motifs is 1. The third-order valence-electron chi connectivity index (χ3n) is 4.17. The van der Waals surface area contributed by atoms with Crippen molar-refractivity contribution in [3.05, 3.63) is 91.0 Å². The molecule has 28 heavy (non-hydrogen) atoms. The highest BCUT2D eigenvalue weighted by molar-refractivity contribution is 5.90. The van der Waals surface area contributed by atoms with E-state index < -0.39 is 0 Å². The van der Waals surface area contributed by atoms with E-state index >= 15 is 0 Å². The van der Waals surface area contributed by atoms with Crippen molar-refractivity contribution >= 4 is 22.9 Å². The number of benzene rings is 1. The molecule has 0 fully saturated rings. The van der Waals surface area contributed by atoms with E-state index in [2.05, 4.69) is 28.6 Å². The Balaban J connectivity index is 1.71. The molecule has 3 aromatic rings. The summed E-state index contributed by atoms with van der Waals surface area (Å²) >= 11 is 0. The van der Waals surface area contributed by atoms with Gasteiger partial charge in [0.2, 0.25) is 5.91 Å². The highest BCUT2D eigenvalue weighted by Crippen LogP contribution is 2.17. The number of aryl methyl sites for hydroxylation is 1. The number of rotatable bonds is 8. The molecule has 0 unspecified atom stereocenters. The van der Waals surface area contributed by atoms with Crippen LogP contribution < -0.4 is 5.32 Å². The standard InChI is InChI=1S/C22H22N4O2/c1-4-18(14-16(2)28-3)19-11-12-21-23-20(15-26(21)25-19)24-22(27)13-10-17-8-6-5-7-9-17/h4-9,11-12,14-15H,1-2,10,13H2,3H3,(H,24,27)/b18-14+. The van der Waals surface area contributed by atoms with Gasteiger partial charge in [-0.2, -0.15) is 5.10 Å². The summed E-state index contributed by atoms with van der Waals surface area (Å²) < 4.78 is 6.70. The van der Waals surface area contributed by atoms with Crippen molar-refractivity contribution in [3.8, 4) is 0 Å². The summed E-state index contributed by atoms with van der Waals surface area (Å²) in [6, 6.07) is 13.6. The highest BCUT2D eigenvalue weighted by atomic mass is 16.5. The Morgan fingerprint density at radius 1 is 1.25 bits per heavy atom. The lowest BCUT2D eigenvalue weighted by atomic mass is 10.1. The minimum atomic E-state index is -0.0875. The van der Waals surface area contributed by atoms with Crippen LogP contribution in [0.3, 0.4) is 0 Å². The van der Waals surface area contributed by atoms with Crippen molar-refractivity contribution < 1.29 is 9.53 Å². The Bertz CT molecular complexity index is 1040. The number of ether oxygens (including phenoxy) is 1. The second kappa shape index (κ2) is 8.81. The van der Waals surface area contributed by atoms with Gasteiger partial charge in [0.05, 0.1) is 19.0 Å². The first kappa shape index (κ1) is 19.1. The lowest BCUT2D eigenvalue weighted by Crippen LogP contribution is -2.12. The number of hydrogen-bond donors (Lipinski definition) is 1. The molecule has 0 aliphatic rings. The van der Waals surface area contributed by atoms with E-state index in [0.717, 1.165) is 11.1 Å². The van der Waals surface area contributed by atoms with Crippen LogP contribution in [-0.4, -0.2) is 27.6 Å². The van der Waals surface area contributed by atoms with Gasteiger partial charge in [-0.05, 0) is 30.2 Å².